The van der Waals surface area contributed by atoms with Crippen molar-refractivity contribution in [3.05, 3.63) is 0 Å². The average molecular weight is 197 g/mol. The number of unbranched alkanes of at least 4 members (excludes halogenated alkanes) is 1. The van der Waals surface area contributed by atoms with Crippen molar-refractivity contribution in [3.8, 4) is 0 Å². The van der Waals surface area contributed by atoms with Crippen LogP contribution in [0.1, 0.15) is 59.8 Å². The van der Waals surface area contributed by atoms with Gasteiger partial charge in [-0.3, -0.25) is 0 Å². The average Bonchev–Trinajstić information content (AvgIpc) is 2.75. The zero-order valence-corrected chi connectivity index (χ0v) is 10.4. The van der Waals surface area contributed by atoms with Gasteiger partial charge in [0.15, 0.2) is 0 Å². The molecule has 1 N–H and O–H groups in total. The molecule has 0 saturated heterocycles. The molecule has 1 rings (SSSR count). The van der Waals surface area contributed by atoms with Crippen molar-refractivity contribution in [2.75, 3.05) is 6.54 Å². The molecular formula is C13H27N. The minimum atomic E-state index is 0.635. The van der Waals surface area contributed by atoms with Gasteiger partial charge in [-0.25, -0.2) is 0 Å². The lowest BCUT2D eigenvalue weighted by Gasteiger charge is -2.17. The zero-order chi connectivity index (χ0) is 10.6. The molecule has 1 aliphatic carbocycles. The minimum absolute atomic E-state index is 0.635. The Morgan fingerprint density at radius 3 is 2.43 bits per heavy atom. The molecule has 2 atom stereocenters. The lowest BCUT2D eigenvalue weighted by molar-refractivity contribution is 0.422. The van der Waals surface area contributed by atoms with E-state index in [2.05, 4.69) is 33.0 Å². The normalized spacial score (nSPS) is 26.1. The van der Waals surface area contributed by atoms with E-state index in [1.165, 1.54) is 38.6 Å². The number of nitrogens with one attached hydrogen (secondary N) is 1. The lowest BCUT2D eigenvalue weighted by atomic mass is 10.1. The van der Waals surface area contributed by atoms with Gasteiger partial charge in [0.25, 0.3) is 0 Å². The first kappa shape index (κ1) is 12.0. The SMILES string of the molecule is CCCCC(CC)NCC1CC1(C)C. The van der Waals surface area contributed by atoms with Crippen LogP contribution in [-0.4, -0.2) is 12.6 Å². The predicted molar refractivity (Wildman–Crippen MR) is 63.5 cm³/mol. The van der Waals surface area contributed by atoms with Crippen molar-refractivity contribution in [2.45, 2.75) is 65.8 Å². The van der Waals surface area contributed by atoms with E-state index < -0.39 is 0 Å². The first-order valence-electron chi connectivity index (χ1n) is 6.33. The molecular weight excluding hydrogens is 170 g/mol. The van der Waals surface area contributed by atoms with E-state index in [-0.39, 0.29) is 0 Å². The molecule has 2 unspecified atom stereocenters. The Morgan fingerprint density at radius 1 is 1.36 bits per heavy atom. The van der Waals surface area contributed by atoms with Gasteiger partial charge < -0.3 is 5.32 Å². The van der Waals surface area contributed by atoms with Gasteiger partial charge in [-0.2, -0.15) is 0 Å². The maximum Gasteiger partial charge on any atom is 0.00645 e. The van der Waals surface area contributed by atoms with Gasteiger partial charge in [0, 0.05) is 6.04 Å². The predicted octanol–water partition coefficient (Wildman–Crippen LogP) is 3.59. The molecule has 0 radical (unpaired) electrons. The van der Waals surface area contributed by atoms with Crippen LogP contribution in [0.2, 0.25) is 0 Å². The lowest BCUT2D eigenvalue weighted by Crippen LogP contribution is -2.30. The van der Waals surface area contributed by atoms with Gasteiger partial charge in [0.05, 0.1) is 0 Å². The summed E-state index contributed by atoms with van der Waals surface area (Å²) in [4.78, 5) is 0. The molecule has 1 nitrogen and oxygen atoms in total. The van der Waals surface area contributed by atoms with Crippen LogP contribution in [-0.2, 0) is 0 Å². The number of hydrogen-bond acceptors (Lipinski definition) is 1. The highest BCUT2D eigenvalue weighted by molar-refractivity contribution is 4.96. The molecule has 1 aliphatic rings. The van der Waals surface area contributed by atoms with E-state index in [0.717, 1.165) is 12.0 Å². The van der Waals surface area contributed by atoms with Crippen molar-refractivity contribution in [1.82, 2.24) is 5.32 Å². The van der Waals surface area contributed by atoms with Crippen molar-refractivity contribution in [1.29, 1.82) is 0 Å². The molecule has 0 heterocycles. The summed E-state index contributed by atoms with van der Waals surface area (Å²) in [5.41, 5.74) is 0.635. The van der Waals surface area contributed by atoms with Crippen molar-refractivity contribution < 1.29 is 0 Å². The van der Waals surface area contributed by atoms with Gasteiger partial charge in [-0.15, -0.1) is 0 Å². The van der Waals surface area contributed by atoms with E-state index in [1.54, 1.807) is 0 Å². The summed E-state index contributed by atoms with van der Waals surface area (Å²) in [5.74, 6) is 0.943. The van der Waals surface area contributed by atoms with Crippen LogP contribution in [0.15, 0.2) is 0 Å². The highest BCUT2D eigenvalue weighted by atomic mass is 14.9. The van der Waals surface area contributed by atoms with Crippen LogP contribution in [0.3, 0.4) is 0 Å². The second-order valence-corrected chi connectivity index (χ2v) is 5.55. The van der Waals surface area contributed by atoms with Crippen molar-refractivity contribution in [3.63, 3.8) is 0 Å². The largest absolute Gasteiger partial charge is 0.314 e. The Kier molecular flexibility index (Phi) is 4.43. The Bertz CT molecular complexity index is 163. The fraction of sp³-hybridized carbons (Fsp3) is 1.00. The third-order valence-corrected chi connectivity index (χ3v) is 3.77. The van der Waals surface area contributed by atoms with Crippen LogP contribution >= 0.6 is 0 Å². The summed E-state index contributed by atoms with van der Waals surface area (Å²) in [6.45, 7) is 10.6. The Labute approximate surface area is 89.7 Å². The Balaban J connectivity index is 2.09. The fourth-order valence-electron chi connectivity index (χ4n) is 2.13. The molecule has 84 valence electrons. The molecule has 14 heavy (non-hydrogen) atoms. The molecule has 0 amide bonds. The maximum absolute atomic E-state index is 3.72. The molecule has 1 saturated carbocycles. The van der Waals surface area contributed by atoms with Crippen LogP contribution < -0.4 is 5.32 Å². The quantitative estimate of drug-likeness (QED) is 0.657. The second kappa shape index (κ2) is 5.16. The van der Waals surface area contributed by atoms with Gasteiger partial charge in [0.2, 0.25) is 0 Å². The first-order valence-corrected chi connectivity index (χ1v) is 6.33. The Morgan fingerprint density at radius 2 is 2.00 bits per heavy atom. The number of hydrogen-bond donors (Lipinski definition) is 1. The van der Waals surface area contributed by atoms with Crippen LogP contribution in [0.5, 0.6) is 0 Å². The summed E-state index contributed by atoms with van der Waals surface area (Å²) in [5, 5.41) is 3.72. The number of rotatable bonds is 7. The third-order valence-electron chi connectivity index (χ3n) is 3.77. The van der Waals surface area contributed by atoms with Gasteiger partial charge in [-0.1, -0.05) is 40.5 Å². The second-order valence-electron chi connectivity index (χ2n) is 5.55. The summed E-state index contributed by atoms with van der Waals surface area (Å²) >= 11 is 0. The van der Waals surface area contributed by atoms with Gasteiger partial charge >= 0.3 is 0 Å². The topological polar surface area (TPSA) is 12.0 Å². The highest BCUT2D eigenvalue weighted by Gasteiger charge is 2.44. The summed E-state index contributed by atoms with van der Waals surface area (Å²) in [6.07, 6.45) is 6.77. The minimum Gasteiger partial charge on any atom is -0.314 e. The van der Waals surface area contributed by atoms with E-state index in [4.69, 9.17) is 0 Å². The van der Waals surface area contributed by atoms with Gasteiger partial charge in [-0.05, 0) is 37.1 Å². The van der Waals surface area contributed by atoms with E-state index in [9.17, 15) is 0 Å². The van der Waals surface area contributed by atoms with E-state index in [1.807, 2.05) is 0 Å². The molecule has 0 bridgehead atoms. The van der Waals surface area contributed by atoms with Crippen molar-refractivity contribution >= 4 is 0 Å². The van der Waals surface area contributed by atoms with E-state index in [0.29, 0.717) is 5.41 Å². The molecule has 0 aromatic heterocycles. The third kappa shape index (κ3) is 3.61. The molecule has 1 fully saturated rings. The molecule has 0 spiro atoms. The van der Waals surface area contributed by atoms with Crippen LogP contribution in [0, 0.1) is 11.3 Å². The highest BCUT2D eigenvalue weighted by Crippen LogP contribution is 2.51. The molecule has 1 heteroatoms. The molecule has 0 aliphatic heterocycles. The van der Waals surface area contributed by atoms with E-state index >= 15 is 0 Å². The standard InChI is InChI=1S/C13H27N/c1-5-7-8-12(6-2)14-10-11-9-13(11,3)4/h11-12,14H,5-10H2,1-4H3. The molecule has 0 aromatic carbocycles. The molecule has 0 aromatic rings. The van der Waals surface area contributed by atoms with Gasteiger partial charge in [0.1, 0.15) is 0 Å². The fourth-order valence-corrected chi connectivity index (χ4v) is 2.13. The first-order chi connectivity index (χ1) is 6.60. The maximum atomic E-state index is 3.72. The Hall–Kier alpha value is -0.0400. The van der Waals surface area contributed by atoms with Crippen molar-refractivity contribution in [2.24, 2.45) is 11.3 Å². The zero-order valence-electron chi connectivity index (χ0n) is 10.4. The van der Waals surface area contributed by atoms with Crippen LogP contribution in [0.25, 0.3) is 0 Å². The summed E-state index contributed by atoms with van der Waals surface area (Å²) in [6, 6.07) is 0.770. The van der Waals surface area contributed by atoms with Crippen LogP contribution in [0.4, 0.5) is 0 Å². The monoisotopic (exact) mass is 197 g/mol. The smallest absolute Gasteiger partial charge is 0.00645 e. The summed E-state index contributed by atoms with van der Waals surface area (Å²) < 4.78 is 0. The summed E-state index contributed by atoms with van der Waals surface area (Å²) in [7, 11) is 0.